The number of nitrogens with zero attached hydrogens (tertiary/aromatic N) is 1. The van der Waals surface area contributed by atoms with Crippen LogP contribution in [0, 0.1) is 34.5 Å². The predicted molar refractivity (Wildman–Crippen MR) is 183 cm³/mol. The van der Waals surface area contributed by atoms with E-state index < -0.39 is 68.5 Å². The number of piperidine rings is 1. The smallest absolute Gasteiger partial charge is 0.315 e. The lowest BCUT2D eigenvalue weighted by Gasteiger charge is -2.40. The molecule has 0 spiro atoms. The summed E-state index contributed by atoms with van der Waals surface area (Å²) in [5.41, 5.74) is 3.46. The van der Waals surface area contributed by atoms with Crippen LogP contribution < -0.4 is 21.7 Å². The maximum absolute atomic E-state index is 14.4. The number of fused-ring (bicyclic) bond motifs is 1. The molecule has 13 heteroatoms. The molecule has 1 saturated heterocycles. The van der Waals surface area contributed by atoms with Gasteiger partial charge < -0.3 is 26.6 Å². The molecule has 4 unspecified atom stereocenters. The highest BCUT2D eigenvalue weighted by atomic mass is 32.2. The standard InChI is InChI=1S/C35H59N5O7S/c1-21(2)14-17-48(46,47)20-35(15-9-8-10-16-35)39-32(45)38-28(33(3,4)5)31(44)40-19-23-25(34(23,6)7)26(40)30(43)37-24(27(41)29(36)42)18-22-12-11-13-22/h21-26,28H,8-20H2,1-7H3,(H2,36,42)(H,37,43)(H2,38,39,45)/t23?,24?,25?,26-,28?/m0/s1. The van der Waals surface area contributed by atoms with E-state index in [9.17, 15) is 32.4 Å². The fourth-order valence-electron chi connectivity index (χ4n) is 8.20. The molecular formula is C35H59N5O7S. The molecule has 1 heterocycles. The third-order valence-corrected chi connectivity index (χ3v) is 13.4. The molecule has 4 aliphatic rings. The number of hydrogen-bond donors (Lipinski definition) is 4. The van der Waals surface area contributed by atoms with Crippen LogP contribution in [0.15, 0.2) is 0 Å². The van der Waals surface area contributed by atoms with Crippen LogP contribution in [0.2, 0.25) is 0 Å². The molecule has 272 valence electrons. The lowest BCUT2D eigenvalue weighted by atomic mass is 9.80. The maximum atomic E-state index is 14.4. The van der Waals surface area contributed by atoms with Gasteiger partial charge >= 0.3 is 6.03 Å². The minimum Gasteiger partial charge on any atom is -0.363 e. The minimum atomic E-state index is -3.44. The fraction of sp³-hybridized carbons (Fsp3) is 0.857. The Hall–Kier alpha value is -2.70. The van der Waals surface area contributed by atoms with Gasteiger partial charge in [-0.15, -0.1) is 0 Å². The maximum Gasteiger partial charge on any atom is 0.315 e. The molecule has 0 bridgehead atoms. The van der Waals surface area contributed by atoms with Crippen LogP contribution in [0.1, 0.15) is 113 Å². The van der Waals surface area contributed by atoms with Gasteiger partial charge in [-0.3, -0.25) is 19.2 Å². The fourth-order valence-corrected chi connectivity index (χ4v) is 10.4. The Morgan fingerprint density at radius 3 is 2.10 bits per heavy atom. The van der Waals surface area contributed by atoms with Crippen LogP contribution in [0.3, 0.4) is 0 Å². The second-order valence-corrected chi connectivity index (χ2v) is 19.4. The molecule has 3 saturated carbocycles. The first-order valence-corrected chi connectivity index (χ1v) is 19.7. The van der Waals surface area contributed by atoms with Gasteiger partial charge in [0.25, 0.3) is 5.91 Å². The monoisotopic (exact) mass is 693 g/mol. The first kappa shape index (κ1) is 38.1. The Morgan fingerprint density at radius 1 is 0.958 bits per heavy atom. The highest BCUT2D eigenvalue weighted by molar-refractivity contribution is 7.91. The van der Waals surface area contributed by atoms with Crippen molar-refractivity contribution in [2.45, 2.75) is 136 Å². The highest BCUT2D eigenvalue weighted by Gasteiger charge is 2.70. The molecule has 12 nitrogen and oxygen atoms in total. The highest BCUT2D eigenvalue weighted by Crippen LogP contribution is 2.65. The van der Waals surface area contributed by atoms with E-state index in [-0.39, 0.29) is 40.6 Å². The molecule has 5 atom stereocenters. The number of nitrogens with one attached hydrogen (secondary N) is 3. The molecule has 5 N–H and O–H groups in total. The van der Waals surface area contributed by atoms with Crippen molar-refractivity contribution in [1.82, 2.24) is 20.9 Å². The summed E-state index contributed by atoms with van der Waals surface area (Å²) in [5.74, 6) is -2.57. The predicted octanol–water partition coefficient (Wildman–Crippen LogP) is 3.08. The van der Waals surface area contributed by atoms with E-state index in [4.69, 9.17) is 5.73 Å². The van der Waals surface area contributed by atoms with Gasteiger partial charge in [-0.1, -0.05) is 87.0 Å². The molecule has 1 aliphatic heterocycles. The van der Waals surface area contributed by atoms with Crippen LogP contribution >= 0.6 is 0 Å². The molecule has 4 fully saturated rings. The first-order valence-electron chi connectivity index (χ1n) is 17.9. The van der Waals surface area contributed by atoms with Crippen LogP contribution in [0.4, 0.5) is 4.79 Å². The average molecular weight is 694 g/mol. The summed E-state index contributed by atoms with van der Waals surface area (Å²) in [4.78, 5) is 68.2. The van der Waals surface area contributed by atoms with Gasteiger partial charge in [0.15, 0.2) is 9.84 Å². The number of ketones is 1. The van der Waals surface area contributed by atoms with E-state index in [1.807, 2.05) is 34.6 Å². The van der Waals surface area contributed by atoms with Crippen LogP contribution in [0.5, 0.6) is 0 Å². The number of carbonyl (C=O) groups excluding carboxylic acids is 5. The lowest BCUT2D eigenvalue weighted by molar-refractivity contribution is -0.145. The summed E-state index contributed by atoms with van der Waals surface area (Å²) < 4.78 is 26.3. The van der Waals surface area contributed by atoms with E-state index in [0.29, 0.717) is 32.2 Å². The van der Waals surface area contributed by atoms with Crippen molar-refractivity contribution in [2.24, 2.45) is 40.2 Å². The Labute approximate surface area is 286 Å². The number of carbonyl (C=O) groups is 5. The second-order valence-electron chi connectivity index (χ2n) is 17.2. The molecule has 0 aromatic carbocycles. The minimum absolute atomic E-state index is 0.0580. The number of sulfone groups is 1. The molecule has 0 aromatic rings. The van der Waals surface area contributed by atoms with E-state index in [1.54, 1.807) is 0 Å². The first-order chi connectivity index (χ1) is 22.2. The van der Waals surface area contributed by atoms with Gasteiger partial charge in [-0.25, -0.2) is 13.2 Å². The normalized spacial score (nSPS) is 26.1. The Morgan fingerprint density at radius 2 is 1.58 bits per heavy atom. The van der Waals surface area contributed by atoms with Crippen molar-refractivity contribution in [1.29, 1.82) is 0 Å². The molecule has 3 aliphatic carbocycles. The van der Waals surface area contributed by atoms with Gasteiger partial charge in [0, 0.05) is 6.54 Å². The molecule has 0 radical (unpaired) electrons. The van der Waals surface area contributed by atoms with Gasteiger partial charge in [0.2, 0.25) is 17.6 Å². The number of amides is 5. The van der Waals surface area contributed by atoms with Crippen molar-refractivity contribution in [3.8, 4) is 0 Å². The lowest BCUT2D eigenvalue weighted by Crippen LogP contribution is -2.64. The Kier molecular flexibility index (Phi) is 11.3. The van der Waals surface area contributed by atoms with E-state index in [1.165, 1.54) is 4.90 Å². The summed E-state index contributed by atoms with van der Waals surface area (Å²) in [7, 11) is -3.44. The van der Waals surface area contributed by atoms with Crippen molar-refractivity contribution >= 4 is 39.4 Å². The summed E-state index contributed by atoms with van der Waals surface area (Å²) in [6.45, 7) is 13.9. The van der Waals surface area contributed by atoms with Gasteiger partial charge in [0.1, 0.15) is 12.1 Å². The zero-order chi connectivity index (χ0) is 35.8. The van der Waals surface area contributed by atoms with Crippen molar-refractivity contribution in [3.63, 3.8) is 0 Å². The largest absolute Gasteiger partial charge is 0.363 e. The SMILES string of the molecule is CC(C)CCS(=O)(=O)CC1(NC(=O)NC(C(=O)N2CC3C([C@H]2C(=O)NC(CC2CCC2)C(=O)C(N)=O)C3(C)C)C(C)(C)C)CCCCC1. The van der Waals surface area contributed by atoms with Crippen LogP contribution in [-0.4, -0.2) is 84.6 Å². The van der Waals surface area contributed by atoms with E-state index in [2.05, 4.69) is 29.8 Å². The number of urea groups is 1. The number of Topliss-reactive ketones (excluding diaryl/α,β-unsaturated/α-hetero) is 1. The topological polar surface area (TPSA) is 185 Å². The number of hydrogen-bond acceptors (Lipinski definition) is 7. The van der Waals surface area contributed by atoms with Gasteiger partial charge in [-0.05, 0) is 60.2 Å². The van der Waals surface area contributed by atoms with E-state index >= 15 is 0 Å². The van der Waals surface area contributed by atoms with Crippen LogP contribution in [-0.2, 0) is 29.0 Å². The third-order valence-electron chi connectivity index (χ3n) is 11.5. The molecular weight excluding hydrogens is 634 g/mol. The third kappa shape index (κ3) is 8.71. The zero-order valence-electron chi connectivity index (χ0n) is 30.0. The Balaban J connectivity index is 1.53. The summed E-state index contributed by atoms with van der Waals surface area (Å²) in [6, 6.07) is -3.57. The summed E-state index contributed by atoms with van der Waals surface area (Å²) >= 11 is 0. The quantitative estimate of drug-likeness (QED) is 0.202. The van der Waals surface area contributed by atoms with Crippen LogP contribution in [0.25, 0.3) is 0 Å². The summed E-state index contributed by atoms with van der Waals surface area (Å²) in [5, 5.41) is 8.69. The van der Waals surface area contributed by atoms with Crippen molar-refractivity contribution in [2.75, 3.05) is 18.1 Å². The average Bonchev–Trinajstić information content (AvgIpc) is 3.26. The van der Waals surface area contributed by atoms with Crippen molar-refractivity contribution < 1.29 is 32.4 Å². The Bertz CT molecular complexity index is 1360. The van der Waals surface area contributed by atoms with Gasteiger partial charge in [-0.2, -0.15) is 0 Å². The number of rotatable bonds is 14. The summed E-state index contributed by atoms with van der Waals surface area (Å²) in [6.07, 6.45) is 7.36. The molecule has 4 rings (SSSR count). The zero-order valence-corrected chi connectivity index (χ0v) is 30.8. The number of likely N-dealkylation sites (tertiary alicyclic amines) is 1. The van der Waals surface area contributed by atoms with Crippen molar-refractivity contribution in [3.05, 3.63) is 0 Å². The van der Waals surface area contributed by atoms with Gasteiger partial charge in [0.05, 0.1) is 23.1 Å². The van der Waals surface area contributed by atoms with E-state index in [0.717, 1.165) is 38.5 Å². The molecule has 0 aromatic heterocycles. The molecule has 48 heavy (non-hydrogen) atoms. The second kappa shape index (κ2) is 14.3. The number of primary amides is 1. The molecule has 5 amide bonds. The number of nitrogens with two attached hydrogens (primary N) is 1.